The molecular weight excluding hydrogens is 480 g/mol. The van der Waals surface area contributed by atoms with Crippen LogP contribution in [0.5, 0.6) is 5.75 Å². The molecule has 3 aromatic rings. The Labute approximate surface area is 200 Å². The zero-order valence-electron chi connectivity index (χ0n) is 17.7. The van der Waals surface area contributed by atoms with Crippen molar-refractivity contribution in [2.45, 2.75) is 11.8 Å². The molecule has 0 spiro atoms. The van der Waals surface area contributed by atoms with Crippen molar-refractivity contribution in [2.24, 2.45) is 0 Å². The number of para-hydroxylation sites is 1. The average molecular weight is 497 g/mol. The molecule has 1 heterocycles. The van der Waals surface area contributed by atoms with E-state index in [1.807, 2.05) is 0 Å². The van der Waals surface area contributed by atoms with Gasteiger partial charge in [-0.1, -0.05) is 54.1 Å². The van der Waals surface area contributed by atoms with Crippen LogP contribution < -0.4 is 14.4 Å². The number of nitrogens with zero attached hydrogens (tertiary/aromatic N) is 1. The predicted octanol–water partition coefficient (Wildman–Crippen LogP) is 4.08. The van der Waals surface area contributed by atoms with Crippen molar-refractivity contribution in [3.05, 3.63) is 94.5 Å². The van der Waals surface area contributed by atoms with E-state index in [4.69, 9.17) is 15.8 Å². The molecule has 0 saturated carbocycles. The first-order valence-electron chi connectivity index (χ1n) is 9.93. The molecular formula is C24H17ClN2O6S. The molecule has 10 heteroatoms. The number of aryl methyl sites for hydroxylation is 1. The van der Waals surface area contributed by atoms with E-state index in [-0.39, 0.29) is 27.5 Å². The van der Waals surface area contributed by atoms with E-state index in [1.54, 1.807) is 49.4 Å². The van der Waals surface area contributed by atoms with Gasteiger partial charge in [-0.25, -0.2) is 9.69 Å². The van der Waals surface area contributed by atoms with Gasteiger partial charge >= 0.3 is 16.1 Å². The molecule has 0 unspecified atom stereocenters. The molecule has 34 heavy (non-hydrogen) atoms. The molecule has 4 rings (SSSR count). The number of imide groups is 2. The highest BCUT2D eigenvalue weighted by molar-refractivity contribution is 7.87. The first-order valence-corrected chi connectivity index (χ1v) is 11.7. The molecule has 0 aliphatic carbocycles. The molecule has 1 N–H and O–H groups in total. The van der Waals surface area contributed by atoms with Crippen LogP contribution in [0.2, 0.25) is 5.02 Å². The van der Waals surface area contributed by atoms with Crippen LogP contribution in [0, 0.1) is 6.92 Å². The Hall–Kier alpha value is -3.95. The van der Waals surface area contributed by atoms with E-state index in [2.05, 4.69) is 5.32 Å². The molecule has 8 nitrogen and oxygen atoms in total. The summed E-state index contributed by atoms with van der Waals surface area (Å²) in [5.41, 5.74) is 0.564. The van der Waals surface area contributed by atoms with E-state index < -0.39 is 28.0 Å². The molecule has 1 aliphatic heterocycles. The van der Waals surface area contributed by atoms with Gasteiger partial charge in [0.1, 0.15) is 16.2 Å². The number of nitrogens with one attached hydrogen (secondary N) is 1. The highest BCUT2D eigenvalue weighted by atomic mass is 35.5. The van der Waals surface area contributed by atoms with Crippen molar-refractivity contribution >= 4 is 51.3 Å². The van der Waals surface area contributed by atoms with Crippen molar-refractivity contribution < 1.29 is 27.0 Å². The molecule has 1 fully saturated rings. The number of anilines is 1. The summed E-state index contributed by atoms with van der Waals surface area (Å²) in [5.74, 6) is -1.91. The minimum absolute atomic E-state index is 0.0582. The van der Waals surface area contributed by atoms with Crippen molar-refractivity contribution in [3.63, 3.8) is 0 Å². The highest BCUT2D eigenvalue weighted by Crippen LogP contribution is 2.30. The fourth-order valence-electron chi connectivity index (χ4n) is 3.28. The Kier molecular flexibility index (Phi) is 6.23. The SMILES string of the molecule is Cc1ccc(Cl)cc1N1C(=O)NC(=O)/C(=C\c2ccccc2OS(=O)(=O)c2ccccc2)C1=O. The lowest BCUT2D eigenvalue weighted by molar-refractivity contribution is -0.122. The summed E-state index contributed by atoms with van der Waals surface area (Å²) in [5, 5.41) is 2.43. The standard InChI is InChI=1S/C24H17ClN2O6S/c1-15-11-12-17(25)14-20(15)27-23(29)19(22(28)26-24(27)30)13-16-7-5-6-10-21(16)33-34(31,32)18-8-3-2-4-9-18/h2-14H,1H3,(H,26,28,30)/b19-13+. The third-order valence-corrected chi connectivity index (χ3v) is 6.45. The van der Waals surface area contributed by atoms with Gasteiger partial charge in [0.2, 0.25) is 0 Å². The van der Waals surface area contributed by atoms with Crippen LogP contribution in [-0.2, 0) is 19.7 Å². The zero-order valence-corrected chi connectivity index (χ0v) is 19.3. The van der Waals surface area contributed by atoms with Gasteiger partial charge in [0, 0.05) is 10.6 Å². The van der Waals surface area contributed by atoms with E-state index in [1.165, 1.54) is 36.4 Å². The number of carbonyl (C=O) groups excluding carboxylic acids is 3. The summed E-state index contributed by atoms with van der Waals surface area (Å²) in [6.07, 6.45) is 1.17. The van der Waals surface area contributed by atoms with Crippen LogP contribution in [0.25, 0.3) is 6.08 Å². The number of urea groups is 1. The summed E-state index contributed by atoms with van der Waals surface area (Å²) in [6, 6.07) is 17.3. The fourth-order valence-corrected chi connectivity index (χ4v) is 4.43. The molecule has 1 saturated heterocycles. The quantitative estimate of drug-likeness (QED) is 0.324. The molecule has 0 bridgehead atoms. The first-order chi connectivity index (χ1) is 16.2. The number of hydrogen-bond acceptors (Lipinski definition) is 6. The van der Waals surface area contributed by atoms with Crippen molar-refractivity contribution in [1.29, 1.82) is 0 Å². The second-order valence-corrected chi connectivity index (χ2v) is 9.26. The summed E-state index contributed by atoms with van der Waals surface area (Å²) >= 11 is 6.03. The number of benzene rings is 3. The van der Waals surface area contributed by atoms with Gasteiger partial charge < -0.3 is 4.18 Å². The van der Waals surface area contributed by atoms with Crippen molar-refractivity contribution in [1.82, 2.24) is 5.32 Å². The Morgan fingerprint density at radius 2 is 1.62 bits per heavy atom. The number of hydrogen-bond donors (Lipinski definition) is 1. The fraction of sp³-hybridized carbons (Fsp3) is 0.0417. The number of carbonyl (C=O) groups is 3. The van der Waals surface area contributed by atoms with E-state index >= 15 is 0 Å². The van der Waals surface area contributed by atoms with Crippen LogP contribution in [-0.4, -0.2) is 26.3 Å². The van der Waals surface area contributed by atoms with Gasteiger partial charge in [0.05, 0.1) is 5.69 Å². The second kappa shape index (κ2) is 9.12. The van der Waals surface area contributed by atoms with Crippen molar-refractivity contribution in [2.75, 3.05) is 4.90 Å². The van der Waals surface area contributed by atoms with Crippen LogP contribution in [0.4, 0.5) is 10.5 Å². The molecule has 0 atom stereocenters. The molecule has 172 valence electrons. The third kappa shape index (κ3) is 4.57. The average Bonchev–Trinajstić information content (AvgIpc) is 2.80. The van der Waals surface area contributed by atoms with E-state index in [0.717, 1.165) is 4.90 Å². The number of barbiturate groups is 1. The summed E-state index contributed by atoms with van der Waals surface area (Å²) in [4.78, 5) is 39.0. The van der Waals surface area contributed by atoms with Crippen LogP contribution in [0.3, 0.4) is 0 Å². The molecule has 1 aliphatic rings. The van der Waals surface area contributed by atoms with Gasteiger partial charge in [0.25, 0.3) is 11.8 Å². The summed E-state index contributed by atoms with van der Waals surface area (Å²) in [6.45, 7) is 1.68. The van der Waals surface area contributed by atoms with Crippen LogP contribution in [0.1, 0.15) is 11.1 Å². The normalized spacial score (nSPS) is 15.4. The summed E-state index contributed by atoms with van der Waals surface area (Å²) in [7, 11) is -4.17. The minimum Gasteiger partial charge on any atom is -0.378 e. The van der Waals surface area contributed by atoms with Gasteiger partial charge in [0.15, 0.2) is 0 Å². The monoisotopic (exact) mass is 496 g/mol. The predicted molar refractivity (Wildman–Crippen MR) is 126 cm³/mol. The molecule has 0 radical (unpaired) electrons. The number of halogens is 1. The smallest absolute Gasteiger partial charge is 0.339 e. The topological polar surface area (TPSA) is 110 Å². The third-order valence-electron chi connectivity index (χ3n) is 4.96. The van der Waals surface area contributed by atoms with E-state index in [9.17, 15) is 22.8 Å². The maximum Gasteiger partial charge on any atom is 0.339 e. The van der Waals surface area contributed by atoms with Gasteiger partial charge in [-0.2, -0.15) is 8.42 Å². The van der Waals surface area contributed by atoms with Gasteiger partial charge in [-0.15, -0.1) is 0 Å². The van der Waals surface area contributed by atoms with Gasteiger partial charge in [-0.05, 0) is 48.9 Å². The maximum absolute atomic E-state index is 13.2. The molecule has 4 amide bonds. The van der Waals surface area contributed by atoms with E-state index in [0.29, 0.717) is 10.6 Å². The minimum atomic E-state index is -4.17. The number of amides is 4. The highest BCUT2D eigenvalue weighted by Gasteiger charge is 2.37. The second-order valence-electron chi connectivity index (χ2n) is 7.28. The Morgan fingerprint density at radius 3 is 2.35 bits per heavy atom. The molecule has 0 aromatic heterocycles. The Morgan fingerprint density at radius 1 is 0.941 bits per heavy atom. The number of rotatable bonds is 5. The van der Waals surface area contributed by atoms with Crippen LogP contribution in [0.15, 0.2) is 83.3 Å². The lowest BCUT2D eigenvalue weighted by atomic mass is 10.1. The lowest BCUT2D eigenvalue weighted by Gasteiger charge is -2.27. The Bertz CT molecular complexity index is 1450. The lowest BCUT2D eigenvalue weighted by Crippen LogP contribution is -2.54. The van der Waals surface area contributed by atoms with Gasteiger partial charge in [-0.3, -0.25) is 14.9 Å². The summed E-state index contributed by atoms with van der Waals surface area (Å²) < 4.78 is 30.6. The largest absolute Gasteiger partial charge is 0.378 e. The first kappa shape index (κ1) is 23.2. The zero-order chi connectivity index (χ0) is 24.5. The van der Waals surface area contributed by atoms with Crippen molar-refractivity contribution in [3.8, 4) is 5.75 Å². The Balaban J connectivity index is 1.74. The molecule has 3 aromatic carbocycles. The van der Waals surface area contributed by atoms with Crippen LogP contribution >= 0.6 is 11.6 Å². The maximum atomic E-state index is 13.2.